The van der Waals surface area contributed by atoms with Gasteiger partial charge < -0.3 is 24.6 Å². The fourth-order valence-electron chi connectivity index (χ4n) is 6.50. The summed E-state index contributed by atoms with van der Waals surface area (Å²) in [5.74, 6) is 0.117. The van der Waals surface area contributed by atoms with Crippen LogP contribution >= 0.6 is 0 Å². The zero-order chi connectivity index (χ0) is 31.6. The van der Waals surface area contributed by atoms with Crippen molar-refractivity contribution in [3.8, 4) is 11.1 Å². The molecule has 0 bridgehead atoms. The van der Waals surface area contributed by atoms with E-state index in [1.165, 1.54) is 25.7 Å². The molecule has 45 heavy (non-hydrogen) atoms. The molecule has 1 aliphatic carbocycles. The Labute approximate surface area is 267 Å². The Morgan fingerprint density at radius 2 is 1.69 bits per heavy atom. The molecule has 7 heteroatoms. The smallest absolute Gasteiger partial charge is 0.407 e. The summed E-state index contributed by atoms with van der Waals surface area (Å²) in [5.41, 5.74) is 5.96. The third-order valence-electron chi connectivity index (χ3n) is 9.01. The van der Waals surface area contributed by atoms with E-state index in [-0.39, 0.29) is 31.3 Å². The van der Waals surface area contributed by atoms with Gasteiger partial charge in [0.05, 0.1) is 18.8 Å². The first-order chi connectivity index (χ1) is 22.0. The molecule has 4 unspecified atom stereocenters. The van der Waals surface area contributed by atoms with Crippen molar-refractivity contribution in [1.82, 2.24) is 10.2 Å². The highest BCUT2D eigenvalue weighted by Gasteiger charge is 2.40. The van der Waals surface area contributed by atoms with Crippen molar-refractivity contribution in [1.29, 1.82) is 0 Å². The van der Waals surface area contributed by atoms with Crippen LogP contribution in [0.2, 0.25) is 0 Å². The van der Waals surface area contributed by atoms with Gasteiger partial charge >= 0.3 is 6.09 Å². The molecular formula is C38H46N2O5. The Balaban J connectivity index is 1.37. The largest absolute Gasteiger partial charge is 0.445 e. The maximum absolute atomic E-state index is 12.0. The Bertz CT molecular complexity index is 1400. The molecule has 0 spiro atoms. The minimum Gasteiger partial charge on any atom is -0.445 e. The quantitative estimate of drug-likeness (QED) is 0.195. The third-order valence-corrected chi connectivity index (χ3v) is 9.01. The number of carbonyl (C=O) groups excluding carboxylic acids is 1. The Morgan fingerprint density at radius 1 is 0.978 bits per heavy atom. The fraction of sp³-hybridized carbons (Fsp3) is 0.395. The van der Waals surface area contributed by atoms with E-state index in [1.807, 2.05) is 36.4 Å². The minimum atomic E-state index is -0.534. The van der Waals surface area contributed by atoms with Crippen molar-refractivity contribution in [2.75, 3.05) is 19.7 Å². The maximum atomic E-state index is 12.0. The van der Waals surface area contributed by atoms with Crippen molar-refractivity contribution >= 4 is 6.09 Å². The lowest BCUT2D eigenvalue weighted by Crippen LogP contribution is -2.47. The molecule has 2 fully saturated rings. The van der Waals surface area contributed by atoms with Crippen LogP contribution in [0, 0.1) is 5.92 Å². The number of hydrogen-bond donors (Lipinski definition) is 2. The van der Waals surface area contributed by atoms with Gasteiger partial charge in [-0.05, 0) is 40.7 Å². The number of benzene rings is 3. The van der Waals surface area contributed by atoms with Crippen LogP contribution in [0.4, 0.5) is 4.79 Å². The van der Waals surface area contributed by atoms with Crippen molar-refractivity contribution in [3.05, 3.63) is 120 Å². The van der Waals surface area contributed by atoms with E-state index in [2.05, 4.69) is 72.8 Å². The standard InChI is InChI=1S/C38H46N2O5/c1-4-22-40(33-11-7-8-12-33)25-35-27(3)36(30-16-14-28(26-41)15-17-30)45-37(44-35)31-20-18-29(19-21-31)34-13-9-6-10-32(34)24-39-38(42)43-23-5-2/h4-6,9-10,13-21,27,33,35-37,41H,1-2,7-8,11-12,22-26H2,3H3,(H,39,42). The summed E-state index contributed by atoms with van der Waals surface area (Å²) in [5, 5.41) is 12.4. The molecule has 5 rings (SSSR count). The second-order valence-corrected chi connectivity index (χ2v) is 12.0. The average molecular weight is 611 g/mol. The fourth-order valence-corrected chi connectivity index (χ4v) is 6.50. The average Bonchev–Trinajstić information content (AvgIpc) is 3.62. The van der Waals surface area contributed by atoms with Crippen LogP contribution in [0.25, 0.3) is 11.1 Å². The number of nitrogens with one attached hydrogen (secondary N) is 1. The lowest BCUT2D eigenvalue weighted by molar-refractivity contribution is -0.276. The first kappa shape index (κ1) is 32.6. The van der Waals surface area contributed by atoms with Gasteiger partial charge in [-0.3, -0.25) is 4.90 Å². The highest BCUT2D eigenvalue weighted by atomic mass is 16.7. The molecule has 3 aromatic rings. The molecule has 1 amide bonds. The number of aliphatic hydroxyl groups excluding tert-OH is 1. The predicted octanol–water partition coefficient (Wildman–Crippen LogP) is 7.48. The van der Waals surface area contributed by atoms with Gasteiger partial charge in [0.1, 0.15) is 6.61 Å². The zero-order valence-electron chi connectivity index (χ0n) is 26.3. The highest BCUT2D eigenvalue weighted by Crippen LogP contribution is 2.42. The Kier molecular flexibility index (Phi) is 11.6. The van der Waals surface area contributed by atoms with Crippen LogP contribution in [0.15, 0.2) is 98.1 Å². The van der Waals surface area contributed by atoms with Gasteiger partial charge in [-0.2, -0.15) is 0 Å². The van der Waals surface area contributed by atoms with Crippen molar-refractivity contribution in [2.45, 2.75) is 70.3 Å². The molecule has 1 aliphatic heterocycles. The van der Waals surface area contributed by atoms with Gasteiger partial charge in [-0.1, -0.05) is 111 Å². The topological polar surface area (TPSA) is 80.3 Å². The first-order valence-electron chi connectivity index (χ1n) is 16.1. The second kappa shape index (κ2) is 16.0. The van der Waals surface area contributed by atoms with E-state index in [1.54, 1.807) is 6.08 Å². The molecule has 1 heterocycles. The summed E-state index contributed by atoms with van der Waals surface area (Å²) in [6.45, 7) is 12.0. The van der Waals surface area contributed by atoms with Crippen molar-refractivity contribution in [2.24, 2.45) is 5.92 Å². The number of ether oxygens (including phenoxy) is 3. The number of nitrogens with zero attached hydrogens (tertiary/aromatic N) is 1. The van der Waals surface area contributed by atoms with E-state index in [0.717, 1.165) is 46.5 Å². The molecule has 3 aromatic carbocycles. The van der Waals surface area contributed by atoms with Crippen LogP contribution < -0.4 is 5.32 Å². The Morgan fingerprint density at radius 3 is 2.38 bits per heavy atom. The summed E-state index contributed by atoms with van der Waals surface area (Å²) < 4.78 is 18.6. The third kappa shape index (κ3) is 8.30. The molecule has 2 N–H and O–H groups in total. The molecule has 0 radical (unpaired) electrons. The molecule has 4 atom stereocenters. The number of rotatable bonds is 13. The summed E-state index contributed by atoms with van der Waals surface area (Å²) in [6.07, 6.45) is 7.31. The minimum absolute atomic E-state index is 0.0125. The summed E-state index contributed by atoms with van der Waals surface area (Å²) in [4.78, 5) is 14.5. The summed E-state index contributed by atoms with van der Waals surface area (Å²) in [7, 11) is 0. The molecular weight excluding hydrogens is 564 g/mol. The van der Waals surface area contributed by atoms with Gasteiger partial charge in [-0.25, -0.2) is 4.79 Å². The molecule has 7 nitrogen and oxygen atoms in total. The molecule has 1 saturated carbocycles. The van der Waals surface area contributed by atoms with Gasteiger partial charge in [0.2, 0.25) is 0 Å². The Hall–Kier alpha value is -3.75. The lowest BCUT2D eigenvalue weighted by Gasteiger charge is -2.43. The van der Waals surface area contributed by atoms with E-state index in [9.17, 15) is 9.90 Å². The summed E-state index contributed by atoms with van der Waals surface area (Å²) in [6, 6.07) is 24.9. The number of amides is 1. The number of aliphatic hydroxyl groups is 1. The van der Waals surface area contributed by atoms with E-state index in [0.29, 0.717) is 12.6 Å². The molecule has 1 saturated heterocycles. The number of alkyl carbamates (subject to hydrolysis) is 1. The monoisotopic (exact) mass is 610 g/mol. The van der Waals surface area contributed by atoms with Crippen molar-refractivity contribution < 1.29 is 24.1 Å². The molecule has 0 aromatic heterocycles. The first-order valence-corrected chi connectivity index (χ1v) is 16.1. The SMILES string of the molecule is C=CCOC(=O)NCc1ccccc1-c1ccc(C2OC(CN(CC=C)C3CCCC3)C(C)C(c3ccc(CO)cc3)O2)cc1. The van der Waals surface area contributed by atoms with Crippen LogP contribution in [-0.4, -0.2) is 47.9 Å². The van der Waals surface area contributed by atoms with Crippen molar-refractivity contribution in [3.63, 3.8) is 0 Å². The van der Waals surface area contributed by atoms with E-state index in [4.69, 9.17) is 14.2 Å². The maximum Gasteiger partial charge on any atom is 0.407 e. The molecule has 2 aliphatic rings. The van der Waals surface area contributed by atoms with Gasteiger partial charge in [-0.15, -0.1) is 6.58 Å². The lowest BCUT2D eigenvalue weighted by atomic mass is 9.89. The van der Waals surface area contributed by atoms with Crippen LogP contribution in [-0.2, 0) is 27.4 Å². The predicted molar refractivity (Wildman–Crippen MR) is 177 cm³/mol. The van der Waals surface area contributed by atoms with E-state index < -0.39 is 12.4 Å². The van der Waals surface area contributed by atoms with Gasteiger partial charge in [0, 0.05) is 37.2 Å². The van der Waals surface area contributed by atoms with Gasteiger partial charge in [0.15, 0.2) is 6.29 Å². The number of carbonyl (C=O) groups is 1. The van der Waals surface area contributed by atoms with Crippen LogP contribution in [0.3, 0.4) is 0 Å². The second-order valence-electron chi connectivity index (χ2n) is 12.0. The normalized spacial score (nSPS) is 21.8. The number of hydrogen-bond acceptors (Lipinski definition) is 6. The van der Waals surface area contributed by atoms with Gasteiger partial charge in [0.25, 0.3) is 0 Å². The molecule has 238 valence electrons. The summed E-state index contributed by atoms with van der Waals surface area (Å²) >= 11 is 0. The highest BCUT2D eigenvalue weighted by molar-refractivity contribution is 5.70. The zero-order valence-corrected chi connectivity index (χ0v) is 26.3. The van der Waals surface area contributed by atoms with Crippen LogP contribution in [0.5, 0.6) is 0 Å². The van der Waals surface area contributed by atoms with E-state index >= 15 is 0 Å². The van der Waals surface area contributed by atoms with Crippen LogP contribution in [0.1, 0.15) is 67.3 Å².